The topological polar surface area (TPSA) is 88.7 Å². The van der Waals surface area contributed by atoms with Gasteiger partial charge in [0.1, 0.15) is 5.71 Å². The first-order valence-corrected chi connectivity index (χ1v) is 5.42. The minimum atomic E-state index is -0.624. The fraction of sp³-hybridized carbons (Fsp3) is 0.111. The van der Waals surface area contributed by atoms with Gasteiger partial charge in [-0.25, -0.2) is 4.98 Å². The SMILES string of the molecule is NC(=O)C1=NN(c2ccccn2)C(=O)SC1. The number of aromatic nitrogens is 1. The number of amides is 2. The minimum absolute atomic E-state index is 0.162. The number of anilines is 1. The fourth-order valence-corrected chi connectivity index (χ4v) is 1.84. The molecule has 0 radical (unpaired) electrons. The average Bonchev–Trinajstić information content (AvgIpc) is 2.30. The van der Waals surface area contributed by atoms with Crippen molar-refractivity contribution in [2.45, 2.75) is 0 Å². The van der Waals surface area contributed by atoms with Crippen molar-refractivity contribution >= 4 is 34.4 Å². The highest BCUT2D eigenvalue weighted by Gasteiger charge is 2.25. The van der Waals surface area contributed by atoms with Gasteiger partial charge >= 0.3 is 5.24 Å². The molecule has 0 atom stereocenters. The van der Waals surface area contributed by atoms with Crippen LogP contribution in [0.2, 0.25) is 0 Å². The smallest absolute Gasteiger partial charge is 0.308 e. The van der Waals surface area contributed by atoms with E-state index in [1.807, 2.05) is 0 Å². The van der Waals surface area contributed by atoms with E-state index in [0.29, 0.717) is 5.82 Å². The summed E-state index contributed by atoms with van der Waals surface area (Å²) < 4.78 is 0. The number of nitrogens with two attached hydrogens (primary N) is 1. The maximum Gasteiger partial charge on any atom is 0.308 e. The fourth-order valence-electron chi connectivity index (χ4n) is 1.13. The van der Waals surface area contributed by atoms with E-state index < -0.39 is 5.91 Å². The molecule has 82 valence electrons. The molecule has 0 spiro atoms. The van der Waals surface area contributed by atoms with E-state index >= 15 is 0 Å². The maximum atomic E-state index is 11.6. The van der Waals surface area contributed by atoms with E-state index in [1.165, 1.54) is 0 Å². The van der Waals surface area contributed by atoms with Crippen LogP contribution < -0.4 is 10.7 Å². The van der Waals surface area contributed by atoms with Crippen molar-refractivity contribution in [1.82, 2.24) is 4.98 Å². The molecule has 0 saturated carbocycles. The van der Waals surface area contributed by atoms with E-state index in [4.69, 9.17) is 5.73 Å². The first kappa shape index (κ1) is 10.6. The third-order valence-electron chi connectivity index (χ3n) is 1.88. The Morgan fingerprint density at radius 2 is 2.31 bits per heavy atom. The summed E-state index contributed by atoms with van der Waals surface area (Å²) in [5.41, 5.74) is 5.27. The maximum absolute atomic E-state index is 11.6. The van der Waals surface area contributed by atoms with Crippen LogP contribution in [-0.2, 0) is 4.79 Å². The van der Waals surface area contributed by atoms with Crippen LogP contribution in [0.1, 0.15) is 0 Å². The predicted molar refractivity (Wildman–Crippen MR) is 61.2 cm³/mol. The van der Waals surface area contributed by atoms with Crippen LogP contribution >= 0.6 is 11.8 Å². The molecule has 16 heavy (non-hydrogen) atoms. The van der Waals surface area contributed by atoms with Crippen molar-refractivity contribution in [3.8, 4) is 0 Å². The van der Waals surface area contributed by atoms with Gasteiger partial charge in [0.2, 0.25) is 0 Å². The Kier molecular flexibility index (Phi) is 2.86. The second-order valence-electron chi connectivity index (χ2n) is 2.97. The Bertz CT molecular complexity index is 460. The zero-order valence-electron chi connectivity index (χ0n) is 8.16. The molecule has 0 fully saturated rings. The van der Waals surface area contributed by atoms with Gasteiger partial charge in [-0.3, -0.25) is 9.59 Å². The third-order valence-corrected chi connectivity index (χ3v) is 2.71. The Morgan fingerprint density at radius 3 is 2.94 bits per heavy atom. The molecule has 1 aromatic heterocycles. The van der Waals surface area contributed by atoms with Crippen LogP contribution in [0.25, 0.3) is 0 Å². The first-order valence-electron chi connectivity index (χ1n) is 4.43. The molecule has 2 N–H and O–H groups in total. The molecule has 2 heterocycles. The molecule has 0 aromatic carbocycles. The van der Waals surface area contributed by atoms with E-state index in [1.54, 1.807) is 24.4 Å². The Balaban J connectivity index is 2.35. The van der Waals surface area contributed by atoms with Crippen molar-refractivity contribution in [1.29, 1.82) is 0 Å². The summed E-state index contributed by atoms with van der Waals surface area (Å²) in [5.74, 6) is -0.0447. The van der Waals surface area contributed by atoms with E-state index in [9.17, 15) is 9.59 Å². The van der Waals surface area contributed by atoms with Gasteiger partial charge in [-0.05, 0) is 12.1 Å². The van der Waals surface area contributed by atoms with Crippen molar-refractivity contribution in [2.24, 2.45) is 10.8 Å². The minimum Gasteiger partial charge on any atom is -0.364 e. The molecule has 0 aliphatic carbocycles. The second-order valence-corrected chi connectivity index (χ2v) is 3.89. The van der Waals surface area contributed by atoms with Crippen molar-refractivity contribution in [3.63, 3.8) is 0 Å². The highest BCUT2D eigenvalue weighted by molar-refractivity contribution is 8.14. The number of pyridine rings is 1. The Hall–Kier alpha value is -1.89. The lowest BCUT2D eigenvalue weighted by Crippen LogP contribution is -2.36. The molecule has 1 aromatic rings. The first-order chi connectivity index (χ1) is 7.68. The number of thioether (sulfide) groups is 1. The van der Waals surface area contributed by atoms with Crippen LogP contribution in [0.4, 0.5) is 10.6 Å². The highest BCUT2D eigenvalue weighted by atomic mass is 32.2. The lowest BCUT2D eigenvalue weighted by Gasteiger charge is -2.20. The van der Waals surface area contributed by atoms with Gasteiger partial charge in [0, 0.05) is 6.20 Å². The number of carbonyl (C=O) groups is 2. The van der Waals surface area contributed by atoms with Gasteiger partial charge in [-0.15, -0.1) is 0 Å². The van der Waals surface area contributed by atoms with Crippen LogP contribution in [0.3, 0.4) is 0 Å². The lowest BCUT2D eigenvalue weighted by molar-refractivity contribution is -0.112. The monoisotopic (exact) mass is 236 g/mol. The van der Waals surface area contributed by atoms with Gasteiger partial charge in [0.15, 0.2) is 5.82 Å². The van der Waals surface area contributed by atoms with Crippen LogP contribution in [0.5, 0.6) is 0 Å². The van der Waals surface area contributed by atoms with Gasteiger partial charge in [-0.1, -0.05) is 17.8 Å². The third kappa shape index (κ3) is 2.03. The molecule has 2 amide bonds. The van der Waals surface area contributed by atoms with Gasteiger partial charge in [0.25, 0.3) is 5.91 Å². The number of rotatable bonds is 2. The van der Waals surface area contributed by atoms with Gasteiger partial charge < -0.3 is 5.73 Å². The molecule has 1 aliphatic heterocycles. The van der Waals surface area contributed by atoms with Crippen LogP contribution in [0.15, 0.2) is 29.5 Å². The van der Waals surface area contributed by atoms with E-state index in [0.717, 1.165) is 16.8 Å². The second kappa shape index (κ2) is 4.31. The van der Waals surface area contributed by atoms with E-state index in [2.05, 4.69) is 10.1 Å². The summed E-state index contributed by atoms with van der Waals surface area (Å²) in [4.78, 5) is 26.5. The number of hydrogen-bond acceptors (Lipinski definition) is 5. The molecule has 2 rings (SSSR count). The lowest BCUT2D eigenvalue weighted by atomic mass is 10.4. The predicted octanol–water partition coefficient (Wildman–Crippen LogP) is 0.596. The average molecular weight is 236 g/mol. The molecular formula is C9H8N4O2S. The molecule has 0 bridgehead atoms. The molecule has 0 unspecified atom stereocenters. The largest absolute Gasteiger partial charge is 0.364 e. The number of carbonyl (C=O) groups excluding carboxylic acids is 2. The van der Waals surface area contributed by atoms with Crippen molar-refractivity contribution < 1.29 is 9.59 Å². The van der Waals surface area contributed by atoms with Gasteiger partial charge in [-0.2, -0.15) is 10.1 Å². The van der Waals surface area contributed by atoms with E-state index in [-0.39, 0.29) is 16.7 Å². The van der Waals surface area contributed by atoms with Gasteiger partial charge in [0.05, 0.1) is 5.75 Å². The molecule has 6 nitrogen and oxygen atoms in total. The molecule has 7 heteroatoms. The standard InChI is InChI=1S/C9H8N4O2S/c10-8(14)6-5-16-9(15)13(12-6)7-3-1-2-4-11-7/h1-4H,5H2,(H2,10,14). The van der Waals surface area contributed by atoms with Crippen LogP contribution in [-0.4, -0.2) is 27.6 Å². The summed E-state index contributed by atoms with van der Waals surface area (Å²) in [6, 6.07) is 5.09. The molecule has 1 aliphatic rings. The Labute approximate surface area is 95.5 Å². The number of hydrogen-bond donors (Lipinski definition) is 1. The highest BCUT2D eigenvalue weighted by Crippen LogP contribution is 2.21. The summed E-state index contributed by atoms with van der Waals surface area (Å²) in [5, 5.41) is 4.68. The van der Waals surface area contributed by atoms with Crippen molar-refractivity contribution in [2.75, 3.05) is 10.8 Å². The van der Waals surface area contributed by atoms with Crippen molar-refractivity contribution in [3.05, 3.63) is 24.4 Å². The summed E-state index contributed by atoms with van der Waals surface area (Å²) in [7, 11) is 0. The summed E-state index contributed by atoms with van der Waals surface area (Å²) >= 11 is 0.973. The zero-order valence-corrected chi connectivity index (χ0v) is 8.98. The summed E-state index contributed by atoms with van der Waals surface area (Å²) in [6.45, 7) is 0. The molecular weight excluding hydrogens is 228 g/mol. The van der Waals surface area contributed by atoms with Crippen LogP contribution in [0, 0.1) is 0 Å². The number of primary amides is 1. The quantitative estimate of drug-likeness (QED) is 0.814. The summed E-state index contributed by atoms with van der Waals surface area (Å²) in [6.07, 6.45) is 1.54. The zero-order chi connectivity index (χ0) is 11.5. The Morgan fingerprint density at radius 1 is 1.50 bits per heavy atom. The normalized spacial score (nSPS) is 15.9. The number of hydrazone groups is 1. The molecule has 0 saturated heterocycles. The number of nitrogens with zero attached hydrogens (tertiary/aromatic N) is 3.